The Morgan fingerprint density at radius 3 is 2.44 bits per heavy atom. The molecule has 0 fully saturated rings. The third-order valence-electron chi connectivity index (χ3n) is 2.04. The predicted molar refractivity (Wildman–Crippen MR) is 58.5 cm³/mol. The van der Waals surface area contributed by atoms with Gasteiger partial charge in [-0.1, -0.05) is 24.3 Å². The molecule has 1 aromatic carbocycles. The van der Waals surface area contributed by atoms with E-state index < -0.39 is 11.7 Å². The van der Waals surface area contributed by atoms with E-state index >= 15 is 0 Å². The molecule has 1 rings (SSSR count). The van der Waals surface area contributed by atoms with E-state index in [4.69, 9.17) is 0 Å². The van der Waals surface area contributed by atoms with Crippen molar-refractivity contribution in [1.29, 1.82) is 0 Å². The maximum Gasteiger partial charge on any atom is 0.417 e. The van der Waals surface area contributed by atoms with E-state index in [1.54, 1.807) is 26.0 Å². The van der Waals surface area contributed by atoms with E-state index in [9.17, 15) is 13.2 Å². The first kappa shape index (κ1) is 12.5. The van der Waals surface area contributed by atoms with Crippen molar-refractivity contribution in [2.75, 3.05) is 0 Å². The van der Waals surface area contributed by atoms with Crippen LogP contribution in [0, 0.1) is 0 Å². The van der Waals surface area contributed by atoms with Gasteiger partial charge in [0.25, 0.3) is 0 Å². The minimum Gasteiger partial charge on any atom is -0.261 e. The van der Waals surface area contributed by atoms with Crippen LogP contribution in [0.2, 0.25) is 0 Å². The van der Waals surface area contributed by atoms with Crippen LogP contribution >= 0.6 is 0 Å². The van der Waals surface area contributed by atoms with Crippen molar-refractivity contribution in [1.82, 2.24) is 0 Å². The first-order chi connectivity index (χ1) is 7.46. The van der Waals surface area contributed by atoms with Gasteiger partial charge in [-0.2, -0.15) is 13.2 Å². The Bertz CT molecular complexity index is 417. The molecule has 0 aliphatic carbocycles. The third-order valence-corrected chi connectivity index (χ3v) is 2.04. The fourth-order valence-corrected chi connectivity index (χ4v) is 1.30. The second-order valence-corrected chi connectivity index (χ2v) is 3.24. The molecule has 0 N–H and O–H groups in total. The predicted octanol–water partition coefficient (Wildman–Crippen LogP) is 4.05. The number of aliphatic imine (C=N–C) groups is 1. The van der Waals surface area contributed by atoms with Gasteiger partial charge in [-0.3, -0.25) is 4.99 Å². The number of hydrogen-bond donors (Lipinski definition) is 0. The molecule has 0 heterocycles. The zero-order valence-corrected chi connectivity index (χ0v) is 9.05. The average molecular weight is 227 g/mol. The molecule has 0 saturated heterocycles. The number of rotatable bonds is 2. The molecule has 0 saturated carbocycles. The lowest BCUT2D eigenvalue weighted by atomic mass is 10.0. The molecule has 0 radical (unpaired) electrons. The van der Waals surface area contributed by atoms with Crippen molar-refractivity contribution < 1.29 is 13.2 Å². The molecule has 0 bridgehead atoms. The quantitative estimate of drug-likeness (QED) is 0.676. The van der Waals surface area contributed by atoms with Crippen LogP contribution in [-0.2, 0) is 6.18 Å². The van der Waals surface area contributed by atoms with Gasteiger partial charge in [-0.15, -0.1) is 0 Å². The fraction of sp³-hybridized carbons (Fsp3) is 0.250. The summed E-state index contributed by atoms with van der Waals surface area (Å²) < 4.78 is 38.0. The highest BCUT2D eigenvalue weighted by Crippen LogP contribution is 2.32. The van der Waals surface area contributed by atoms with Crippen molar-refractivity contribution in [3.8, 4) is 0 Å². The Hall–Kier alpha value is -1.58. The molecule has 0 aliphatic heterocycles. The molecule has 0 atom stereocenters. The highest BCUT2D eigenvalue weighted by atomic mass is 19.4. The third kappa shape index (κ3) is 2.95. The summed E-state index contributed by atoms with van der Waals surface area (Å²) in [5, 5.41) is 0. The summed E-state index contributed by atoms with van der Waals surface area (Å²) in [6, 6.07) is 5.42. The number of allylic oxidation sites excluding steroid dienone is 1. The van der Waals surface area contributed by atoms with Gasteiger partial charge in [0.2, 0.25) is 0 Å². The number of nitrogens with zero attached hydrogens (tertiary/aromatic N) is 1. The SMILES string of the molecule is C/C=C\N=C(/C)c1ccccc1C(F)(F)F. The van der Waals surface area contributed by atoms with E-state index in [0.717, 1.165) is 6.07 Å². The van der Waals surface area contributed by atoms with Gasteiger partial charge >= 0.3 is 6.18 Å². The maximum absolute atomic E-state index is 12.7. The van der Waals surface area contributed by atoms with Gasteiger partial charge in [0.15, 0.2) is 0 Å². The zero-order valence-electron chi connectivity index (χ0n) is 9.05. The molecular formula is C12H12F3N. The molecule has 0 spiro atoms. The average Bonchev–Trinajstić information content (AvgIpc) is 2.24. The van der Waals surface area contributed by atoms with Crippen LogP contribution in [0.4, 0.5) is 13.2 Å². The Kier molecular flexibility index (Phi) is 3.88. The van der Waals surface area contributed by atoms with Crippen LogP contribution in [0.15, 0.2) is 41.5 Å². The fourth-order valence-electron chi connectivity index (χ4n) is 1.30. The number of benzene rings is 1. The first-order valence-electron chi connectivity index (χ1n) is 4.79. The van der Waals surface area contributed by atoms with E-state index in [-0.39, 0.29) is 5.56 Å². The van der Waals surface area contributed by atoms with Gasteiger partial charge < -0.3 is 0 Å². The van der Waals surface area contributed by atoms with Crippen LogP contribution in [-0.4, -0.2) is 5.71 Å². The van der Waals surface area contributed by atoms with Gasteiger partial charge in [-0.05, 0) is 19.9 Å². The van der Waals surface area contributed by atoms with Gasteiger partial charge in [-0.25, -0.2) is 0 Å². The molecular weight excluding hydrogens is 215 g/mol. The second kappa shape index (κ2) is 4.96. The number of alkyl halides is 3. The van der Waals surface area contributed by atoms with E-state index in [1.165, 1.54) is 18.3 Å². The van der Waals surface area contributed by atoms with Gasteiger partial charge in [0, 0.05) is 17.5 Å². The molecule has 0 unspecified atom stereocenters. The number of halogens is 3. The molecule has 0 amide bonds. The highest BCUT2D eigenvalue weighted by Gasteiger charge is 2.33. The van der Waals surface area contributed by atoms with Crippen LogP contribution in [0.1, 0.15) is 25.0 Å². The number of hydrogen-bond acceptors (Lipinski definition) is 1. The molecule has 1 nitrogen and oxygen atoms in total. The largest absolute Gasteiger partial charge is 0.417 e. The highest BCUT2D eigenvalue weighted by molar-refractivity contribution is 6.00. The maximum atomic E-state index is 12.7. The monoisotopic (exact) mass is 227 g/mol. The Balaban J connectivity index is 3.24. The summed E-state index contributed by atoms with van der Waals surface area (Å²) in [5.41, 5.74) is -0.181. The van der Waals surface area contributed by atoms with E-state index in [0.29, 0.717) is 5.71 Å². The van der Waals surface area contributed by atoms with E-state index in [1.807, 2.05) is 0 Å². The second-order valence-electron chi connectivity index (χ2n) is 3.24. The Morgan fingerprint density at radius 1 is 1.25 bits per heavy atom. The summed E-state index contributed by atoms with van der Waals surface area (Å²) in [7, 11) is 0. The zero-order chi connectivity index (χ0) is 12.2. The normalized spacial score (nSPS) is 13.4. The molecule has 0 aliphatic rings. The van der Waals surface area contributed by atoms with Crippen LogP contribution in [0.5, 0.6) is 0 Å². The Morgan fingerprint density at radius 2 is 1.88 bits per heavy atom. The molecule has 1 aromatic rings. The van der Waals surface area contributed by atoms with Crippen molar-refractivity contribution in [2.24, 2.45) is 4.99 Å². The van der Waals surface area contributed by atoms with Crippen molar-refractivity contribution in [2.45, 2.75) is 20.0 Å². The van der Waals surface area contributed by atoms with Crippen molar-refractivity contribution in [3.05, 3.63) is 47.7 Å². The smallest absolute Gasteiger partial charge is 0.261 e. The Labute approximate surface area is 92.3 Å². The molecule has 86 valence electrons. The summed E-state index contributed by atoms with van der Waals surface area (Å²) in [6.07, 6.45) is -1.20. The lowest BCUT2D eigenvalue weighted by Gasteiger charge is -2.11. The van der Waals surface area contributed by atoms with Gasteiger partial charge in [0.1, 0.15) is 0 Å². The minimum absolute atomic E-state index is 0.119. The minimum atomic E-state index is -4.34. The topological polar surface area (TPSA) is 12.4 Å². The lowest BCUT2D eigenvalue weighted by molar-refractivity contribution is -0.137. The van der Waals surface area contributed by atoms with Crippen LogP contribution < -0.4 is 0 Å². The molecule has 0 aromatic heterocycles. The molecule has 16 heavy (non-hydrogen) atoms. The summed E-state index contributed by atoms with van der Waals surface area (Å²) >= 11 is 0. The van der Waals surface area contributed by atoms with E-state index in [2.05, 4.69) is 4.99 Å². The van der Waals surface area contributed by atoms with Crippen molar-refractivity contribution >= 4 is 5.71 Å². The summed E-state index contributed by atoms with van der Waals surface area (Å²) in [4.78, 5) is 3.92. The first-order valence-corrected chi connectivity index (χ1v) is 4.79. The van der Waals surface area contributed by atoms with Crippen molar-refractivity contribution in [3.63, 3.8) is 0 Å². The van der Waals surface area contributed by atoms with Crippen LogP contribution in [0.25, 0.3) is 0 Å². The summed E-state index contributed by atoms with van der Waals surface area (Å²) in [6.45, 7) is 3.32. The molecule has 4 heteroatoms. The lowest BCUT2D eigenvalue weighted by Crippen LogP contribution is -2.11. The standard InChI is InChI=1S/C12H12F3N/c1-3-8-16-9(2)10-6-4-5-7-11(10)12(13,14)15/h3-8H,1-2H3/b8-3-,16-9+. The summed E-state index contributed by atoms with van der Waals surface area (Å²) in [5.74, 6) is 0. The van der Waals surface area contributed by atoms with Crippen LogP contribution in [0.3, 0.4) is 0 Å². The van der Waals surface area contributed by atoms with Gasteiger partial charge in [0.05, 0.1) is 5.56 Å².